The van der Waals surface area contributed by atoms with Gasteiger partial charge in [0.05, 0.1) is 22.4 Å². The van der Waals surface area contributed by atoms with Crippen LogP contribution < -0.4 is 0 Å². The first-order valence-corrected chi connectivity index (χ1v) is 7.34. The number of hydrogen-bond donors (Lipinski definition) is 0. The molecule has 3 heterocycles. The van der Waals surface area contributed by atoms with Crippen molar-refractivity contribution in [2.24, 2.45) is 7.05 Å². The molecule has 0 aliphatic carbocycles. The quantitative estimate of drug-likeness (QED) is 0.847. The van der Waals surface area contributed by atoms with Crippen molar-refractivity contribution < 1.29 is 9.53 Å². The van der Waals surface area contributed by atoms with Gasteiger partial charge < -0.3 is 14.2 Å². The third kappa shape index (κ3) is 2.56. The number of nitrogens with zero attached hydrogens (tertiary/aromatic N) is 4. The first kappa shape index (κ1) is 13.5. The zero-order chi connectivity index (χ0) is 14.1. The van der Waals surface area contributed by atoms with Crippen LogP contribution in [0.4, 0.5) is 0 Å². The normalized spacial score (nSPS) is 19.3. The predicted molar refractivity (Wildman–Crippen MR) is 74.9 cm³/mol. The molecule has 1 fully saturated rings. The van der Waals surface area contributed by atoms with Gasteiger partial charge in [0.25, 0.3) is 5.91 Å². The van der Waals surface area contributed by atoms with E-state index in [9.17, 15) is 4.79 Å². The van der Waals surface area contributed by atoms with Crippen molar-refractivity contribution in [3.05, 3.63) is 33.5 Å². The molecule has 1 saturated heterocycles. The van der Waals surface area contributed by atoms with Crippen LogP contribution in [0.15, 0.2) is 18.5 Å². The molecule has 0 saturated carbocycles. The molecule has 3 rings (SSSR count). The lowest BCUT2D eigenvalue weighted by Gasteiger charge is -2.32. The minimum atomic E-state index is -0.240. The second kappa shape index (κ2) is 5.51. The average molecular weight is 313 g/mol. The second-order valence-electron chi connectivity index (χ2n) is 4.51. The molecule has 2 aromatic rings. The summed E-state index contributed by atoms with van der Waals surface area (Å²) >= 11 is 7.17. The van der Waals surface area contributed by atoms with E-state index in [-0.39, 0.29) is 12.0 Å². The van der Waals surface area contributed by atoms with Crippen LogP contribution >= 0.6 is 22.9 Å². The summed E-state index contributed by atoms with van der Waals surface area (Å²) in [6.07, 6.45) is 1.38. The van der Waals surface area contributed by atoms with Gasteiger partial charge in [0, 0.05) is 13.6 Å². The minimum absolute atomic E-state index is 0.0163. The monoisotopic (exact) mass is 312 g/mol. The Kier molecular flexibility index (Phi) is 3.73. The maximum absolute atomic E-state index is 12.4. The van der Waals surface area contributed by atoms with Gasteiger partial charge in [-0.1, -0.05) is 11.6 Å². The Morgan fingerprint density at radius 2 is 2.40 bits per heavy atom. The van der Waals surface area contributed by atoms with Gasteiger partial charge in [0.2, 0.25) is 0 Å². The molecule has 0 radical (unpaired) electrons. The first-order valence-electron chi connectivity index (χ1n) is 6.15. The number of halogens is 1. The van der Waals surface area contributed by atoms with E-state index in [1.54, 1.807) is 27.9 Å². The number of aryl methyl sites for hydroxylation is 1. The highest BCUT2D eigenvalue weighted by Crippen LogP contribution is 2.25. The summed E-state index contributed by atoms with van der Waals surface area (Å²) in [6.45, 7) is 1.53. The van der Waals surface area contributed by atoms with E-state index in [1.165, 1.54) is 11.3 Å². The fourth-order valence-corrected chi connectivity index (χ4v) is 3.17. The Bertz CT molecular complexity index is 627. The molecular weight excluding hydrogens is 300 g/mol. The van der Waals surface area contributed by atoms with E-state index >= 15 is 0 Å². The molecule has 0 bridgehead atoms. The van der Waals surface area contributed by atoms with E-state index in [2.05, 4.69) is 10.2 Å². The standard InChI is InChI=1S/C12H13ClN4O2S/c1-16-7-14-15-11(16)8-6-17(4-5-19-8)12(18)9-2-3-10(13)20-9/h2-3,7-8H,4-6H2,1H3. The molecule has 0 spiro atoms. The molecule has 2 aromatic heterocycles. The smallest absolute Gasteiger partial charge is 0.264 e. The Labute approximate surface area is 124 Å². The van der Waals surface area contributed by atoms with Gasteiger partial charge in [-0.05, 0) is 12.1 Å². The van der Waals surface area contributed by atoms with E-state index in [0.29, 0.717) is 28.9 Å². The van der Waals surface area contributed by atoms with Crippen molar-refractivity contribution in [2.45, 2.75) is 6.10 Å². The van der Waals surface area contributed by atoms with Crippen LogP contribution in [0.5, 0.6) is 0 Å². The number of amides is 1. The third-order valence-corrected chi connectivity index (χ3v) is 4.39. The van der Waals surface area contributed by atoms with E-state index in [1.807, 2.05) is 7.05 Å². The largest absolute Gasteiger partial charge is 0.366 e. The summed E-state index contributed by atoms with van der Waals surface area (Å²) in [5.41, 5.74) is 0. The van der Waals surface area contributed by atoms with Crippen molar-refractivity contribution in [3.8, 4) is 0 Å². The molecule has 106 valence electrons. The number of morpholine rings is 1. The molecule has 1 unspecified atom stereocenters. The molecule has 1 amide bonds. The third-order valence-electron chi connectivity index (χ3n) is 3.17. The topological polar surface area (TPSA) is 60.2 Å². The Morgan fingerprint density at radius 3 is 3.05 bits per heavy atom. The van der Waals surface area contributed by atoms with Crippen molar-refractivity contribution in [2.75, 3.05) is 19.7 Å². The molecule has 1 aliphatic heterocycles. The molecular formula is C12H13ClN4O2S. The van der Waals surface area contributed by atoms with Crippen molar-refractivity contribution in [1.82, 2.24) is 19.7 Å². The maximum Gasteiger partial charge on any atom is 0.264 e. The van der Waals surface area contributed by atoms with Crippen molar-refractivity contribution in [3.63, 3.8) is 0 Å². The summed E-state index contributed by atoms with van der Waals surface area (Å²) < 4.78 is 8.11. The van der Waals surface area contributed by atoms with Gasteiger partial charge in [-0.25, -0.2) is 0 Å². The van der Waals surface area contributed by atoms with Gasteiger partial charge >= 0.3 is 0 Å². The lowest BCUT2D eigenvalue weighted by atomic mass is 10.2. The first-order chi connectivity index (χ1) is 9.65. The summed E-state index contributed by atoms with van der Waals surface area (Å²) in [7, 11) is 1.86. The Morgan fingerprint density at radius 1 is 1.55 bits per heavy atom. The van der Waals surface area contributed by atoms with Crippen LogP contribution in [0.25, 0.3) is 0 Å². The number of rotatable bonds is 2. The second-order valence-corrected chi connectivity index (χ2v) is 6.23. The molecule has 0 N–H and O–H groups in total. The highest BCUT2D eigenvalue weighted by molar-refractivity contribution is 7.17. The Hall–Kier alpha value is -1.44. The fraction of sp³-hybridized carbons (Fsp3) is 0.417. The number of hydrogen-bond acceptors (Lipinski definition) is 5. The van der Waals surface area contributed by atoms with Crippen LogP contribution in [-0.4, -0.2) is 45.3 Å². The summed E-state index contributed by atoms with van der Waals surface area (Å²) in [5, 5.41) is 7.88. The van der Waals surface area contributed by atoms with Crippen LogP contribution in [0.1, 0.15) is 21.6 Å². The van der Waals surface area contributed by atoms with Crippen LogP contribution in [-0.2, 0) is 11.8 Å². The minimum Gasteiger partial charge on any atom is -0.366 e. The maximum atomic E-state index is 12.4. The van der Waals surface area contributed by atoms with Gasteiger partial charge in [-0.15, -0.1) is 21.5 Å². The number of aromatic nitrogens is 3. The molecule has 20 heavy (non-hydrogen) atoms. The van der Waals surface area contributed by atoms with Crippen molar-refractivity contribution >= 4 is 28.8 Å². The lowest BCUT2D eigenvalue weighted by molar-refractivity contribution is -0.0279. The molecule has 8 heteroatoms. The zero-order valence-electron chi connectivity index (χ0n) is 10.8. The number of carbonyl (C=O) groups excluding carboxylic acids is 1. The summed E-state index contributed by atoms with van der Waals surface area (Å²) in [6, 6.07) is 3.49. The van der Waals surface area contributed by atoms with E-state index in [0.717, 1.165) is 5.82 Å². The van der Waals surface area contributed by atoms with Crippen molar-refractivity contribution in [1.29, 1.82) is 0 Å². The van der Waals surface area contributed by atoms with Gasteiger partial charge in [-0.2, -0.15) is 0 Å². The highest BCUT2D eigenvalue weighted by atomic mass is 35.5. The molecule has 1 atom stereocenters. The zero-order valence-corrected chi connectivity index (χ0v) is 12.4. The molecule has 1 aliphatic rings. The molecule has 6 nitrogen and oxygen atoms in total. The predicted octanol–water partition coefficient (Wildman–Crippen LogP) is 1.74. The van der Waals surface area contributed by atoms with Crippen LogP contribution in [0.3, 0.4) is 0 Å². The number of ether oxygens (including phenoxy) is 1. The number of carbonyl (C=O) groups is 1. The van der Waals surface area contributed by atoms with Gasteiger partial charge in [-0.3, -0.25) is 4.79 Å². The lowest BCUT2D eigenvalue weighted by Crippen LogP contribution is -2.42. The fourth-order valence-electron chi connectivity index (χ4n) is 2.16. The summed E-state index contributed by atoms with van der Waals surface area (Å²) in [4.78, 5) is 14.8. The summed E-state index contributed by atoms with van der Waals surface area (Å²) in [5.74, 6) is 0.712. The van der Waals surface area contributed by atoms with Gasteiger partial charge in [0.15, 0.2) is 5.82 Å². The Balaban J connectivity index is 1.75. The number of thiophene rings is 1. The average Bonchev–Trinajstić information content (AvgIpc) is 3.07. The van der Waals surface area contributed by atoms with Crippen LogP contribution in [0, 0.1) is 0 Å². The highest BCUT2D eigenvalue weighted by Gasteiger charge is 2.29. The molecule has 0 aromatic carbocycles. The van der Waals surface area contributed by atoms with E-state index in [4.69, 9.17) is 16.3 Å². The van der Waals surface area contributed by atoms with E-state index < -0.39 is 0 Å². The SMILES string of the molecule is Cn1cnnc1C1CN(C(=O)c2ccc(Cl)s2)CCO1. The van der Waals surface area contributed by atoms with Gasteiger partial charge in [0.1, 0.15) is 12.4 Å². The van der Waals surface area contributed by atoms with Crippen LogP contribution in [0.2, 0.25) is 4.34 Å².